The first-order valence-electron chi connectivity index (χ1n) is 6.75. The molecule has 0 radical (unpaired) electrons. The summed E-state index contributed by atoms with van der Waals surface area (Å²) in [5.74, 6) is 0. The van der Waals surface area contributed by atoms with Crippen molar-refractivity contribution in [3.8, 4) is 0 Å². The number of halogens is 1. The summed E-state index contributed by atoms with van der Waals surface area (Å²) in [7, 11) is 0. The minimum absolute atomic E-state index is 0.0926. The van der Waals surface area contributed by atoms with E-state index in [0.29, 0.717) is 6.61 Å². The lowest BCUT2D eigenvalue weighted by atomic mass is 9.62. The van der Waals surface area contributed by atoms with Gasteiger partial charge in [0.1, 0.15) is 0 Å². The summed E-state index contributed by atoms with van der Waals surface area (Å²) < 4.78 is 7.13. The molecule has 1 aromatic carbocycles. The first kappa shape index (κ1) is 12.6. The maximum absolute atomic E-state index is 10.0. The molecule has 0 bridgehead atoms. The van der Waals surface area contributed by atoms with E-state index in [9.17, 15) is 5.11 Å². The van der Waals surface area contributed by atoms with E-state index >= 15 is 0 Å². The van der Waals surface area contributed by atoms with Gasteiger partial charge < -0.3 is 9.84 Å². The smallest absolute Gasteiger partial charge is 0.0720 e. The highest BCUT2D eigenvalue weighted by Gasteiger charge is 2.56. The average molecular weight is 311 g/mol. The molecule has 1 N–H and O–H groups in total. The van der Waals surface area contributed by atoms with E-state index in [2.05, 4.69) is 28.1 Å². The molecular formula is C15H19BrO2. The Morgan fingerprint density at radius 2 is 1.89 bits per heavy atom. The molecule has 2 nitrogen and oxygen atoms in total. The predicted molar refractivity (Wildman–Crippen MR) is 74.2 cm³/mol. The molecule has 2 aliphatic rings. The van der Waals surface area contributed by atoms with Crippen LogP contribution in [-0.4, -0.2) is 17.3 Å². The van der Waals surface area contributed by atoms with Gasteiger partial charge in [0.25, 0.3) is 0 Å². The monoisotopic (exact) mass is 310 g/mol. The van der Waals surface area contributed by atoms with Crippen molar-refractivity contribution in [2.24, 2.45) is 5.41 Å². The molecule has 98 valence electrons. The van der Waals surface area contributed by atoms with Gasteiger partial charge in [-0.1, -0.05) is 40.9 Å². The summed E-state index contributed by atoms with van der Waals surface area (Å²) in [5.41, 5.74) is 1.29. The van der Waals surface area contributed by atoms with Crippen molar-refractivity contribution in [2.45, 2.75) is 50.9 Å². The van der Waals surface area contributed by atoms with Gasteiger partial charge in [0.05, 0.1) is 18.8 Å². The van der Waals surface area contributed by atoms with Crippen LogP contribution in [0.15, 0.2) is 28.7 Å². The summed E-state index contributed by atoms with van der Waals surface area (Å²) in [6.45, 7) is 0.659. The summed E-state index contributed by atoms with van der Waals surface area (Å²) in [5, 5.41) is 10.0. The highest BCUT2D eigenvalue weighted by Crippen LogP contribution is 2.54. The molecule has 0 saturated heterocycles. The van der Waals surface area contributed by atoms with Gasteiger partial charge in [0, 0.05) is 16.3 Å². The van der Waals surface area contributed by atoms with Gasteiger partial charge in [-0.25, -0.2) is 0 Å². The summed E-state index contributed by atoms with van der Waals surface area (Å²) >= 11 is 3.43. The predicted octanol–water partition coefficient (Wildman–Crippen LogP) is 3.66. The molecule has 18 heavy (non-hydrogen) atoms. The van der Waals surface area contributed by atoms with Crippen LogP contribution >= 0.6 is 15.9 Å². The number of rotatable bonds is 3. The Morgan fingerprint density at radius 1 is 1.22 bits per heavy atom. The largest absolute Gasteiger partial charge is 0.392 e. The first-order chi connectivity index (χ1) is 8.71. The highest BCUT2D eigenvalue weighted by atomic mass is 79.9. The van der Waals surface area contributed by atoms with E-state index in [1.54, 1.807) is 0 Å². The maximum Gasteiger partial charge on any atom is 0.0720 e. The topological polar surface area (TPSA) is 29.5 Å². The van der Waals surface area contributed by atoms with Crippen molar-refractivity contribution in [1.82, 2.24) is 0 Å². The van der Waals surface area contributed by atoms with E-state index in [0.717, 1.165) is 23.7 Å². The lowest BCUT2D eigenvalue weighted by molar-refractivity contribution is -0.194. The van der Waals surface area contributed by atoms with Crippen molar-refractivity contribution >= 4 is 15.9 Å². The van der Waals surface area contributed by atoms with Gasteiger partial charge in [-0.15, -0.1) is 0 Å². The molecule has 1 spiro atoms. The average Bonchev–Trinajstić information content (AvgIpc) is 2.88. The molecular weight excluding hydrogens is 292 g/mol. The molecule has 2 unspecified atom stereocenters. The Balaban J connectivity index is 1.59. The van der Waals surface area contributed by atoms with Crippen molar-refractivity contribution in [3.63, 3.8) is 0 Å². The quantitative estimate of drug-likeness (QED) is 0.923. The highest BCUT2D eigenvalue weighted by molar-refractivity contribution is 9.10. The van der Waals surface area contributed by atoms with Crippen LogP contribution in [0.5, 0.6) is 0 Å². The summed E-state index contributed by atoms with van der Waals surface area (Å²) in [4.78, 5) is 0. The zero-order valence-corrected chi connectivity index (χ0v) is 12.0. The van der Waals surface area contributed by atoms with Crippen molar-refractivity contribution in [2.75, 3.05) is 0 Å². The Morgan fingerprint density at radius 3 is 2.50 bits per heavy atom. The van der Waals surface area contributed by atoms with Gasteiger partial charge >= 0.3 is 0 Å². The number of hydrogen-bond donors (Lipinski definition) is 1. The zero-order chi connectivity index (χ0) is 12.6. The van der Waals surface area contributed by atoms with Crippen LogP contribution in [0.2, 0.25) is 0 Å². The molecule has 2 fully saturated rings. The Bertz CT molecular complexity index is 409. The maximum atomic E-state index is 10.0. The minimum atomic E-state index is -0.130. The fraction of sp³-hybridized carbons (Fsp3) is 0.600. The molecule has 0 aliphatic heterocycles. The molecule has 0 aromatic heterocycles. The van der Waals surface area contributed by atoms with Gasteiger partial charge in [0.15, 0.2) is 0 Å². The summed E-state index contributed by atoms with van der Waals surface area (Å²) in [6.07, 6.45) is 5.72. The molecule has 2 saturated carbocycles. The molecule has 0 amide bonds. The lowest BCUT2D eigenvalue weighted by Crippen LogP contribution is -2.56. The SMILES string of the molecule is OC1CC(OCc2ccc(Br)cc2)C12CCCC2. The van der Waals surface area contributed by atoms with Crippen molar-refractivity contribution < 1.29 is 9.84 Å². The number of ether oxygens (including phenoxy) is 1. The first-order valence-corrected chi connectivity index (χ1v) is 7.54. The van der Waals surface area contributed by atoms with E-state index in [-0.39, 0.29) is 17.6 Å². The Kier molecular flexibility index (Phi) is 3.48. The second kappa shape index (κ2) is 4.95. The van der Waals surface area contributed by atoms with Crippen LogP contribution in [0.3, 0.4) is 0 Å². The Hall–Kier alpha value is -0.380. The third kappa shape index (κ3) is 2.13. The second-order valence-corrected chi connectivity index (χ2v) is 6.53. The third-order valence-electron chi connectivity index (χ3n) is 4.64. The fourth-order valence-corrected chi connectivity index (χ4v) is 3.69. The number of benzene rings is 1. The Labute approximate surface area is 116 Å². The van der Waals surface area contributed by atoms with E-state index in [4.69, 9.17) is 4.74 Å². The van der Waals surface area contributed by atoms with Gasteiger partial charge in [-0.05, 0) is 30.5 Å². The molecule has 0 heterocycles. The molecule has 3 heteroatoms. The third-order valence-corrected chi connectivity index (χ3v) is 5.17. The molecule has 2 aliphatic carbocycles. The lowest BCUT2D eigenvalue weighted by Gasteiger charge is -2.51. The zero-order valence-electron chi connectivity index (χ0n) is 10.4. The minimum Gasteiger partial charge on any atom is -0.392 e. The van der Waals surface area contributed by atoms with Gasteiger partial charge in [-0.3, -0.25) is 0 Å². The molecule has 3 rings (SSSR count). The summed E-state index contributed by atoms with van der Waals surface area (Å²) in [6, 6.07) is 8.25. The number of aliphatic hydroxyl groups is 1. The fourth-order valence-electron chi connectivity index (χ4n) is 3.43. The van der Waals surface area contributed by atoms with Crippen LogP contribution in [0.1, 0.15) is 37.7 Å². The second-order valence-electron chi connectivity index (χ2n) is 5.62. The standard InChI is InChI=1S/C15H19BrO2/c16-12-5-3-11(4-6-12)10-18-14-9-13(17)15(14)7-1-2-8-15/h3-6,13-14,17H,1-2,7-10H2. The normalized spacial score (nSPS) is 29.4. The van der Waals surface area contributed by atoms with Crippen LogP contribution in [0, 0.1) is 5.41 Å². The van der Waals surface area contributed by atoms with E-state index in [1.807, 2.05) is 12.1 Å². The number of aliphatic hydroxyl groups excluding tert-OH is 1. The van der Waals surface area contributed by atoms with Crippen LogP contribution in [0.4, 0.5) is 0 Å². The van der Waals surface area contributed by atoms with Gasteiger partial charge in [-0.2, -0.15) is 0 Å². The van der Waals surface area contributed by atoms with Gasteiger partial charge in [0.2, 0.25) is 0 Å². The van der Waals surface area contributed by atoms with Crippen LogP contribution in [0.25, 0.3) is 0 Å². The van der Waals surface area contributed by atoms with E-state index < -0.39 is 0 Å². The van der Waals surface area contributed by atoms with Crippen molar-refractivity contribution in [1.29, 1.82) is 0 Å². The molecule has 1 aromatic rings. The van der Waals surface area contributed by atoms with Crippen molar-refractivity contribution in [3.05, 3.63) is 34.3 Å². The van der Waals surface area contributed by atoms with E-state index in [1.165, 1.54) is 18.4 Å². The van der Waals surface area contributed by atoms with Crippen LogP contribution < -0.4 is 0 Å². The van der Waals surface area contributed by atoms with Crippen LogP contribution in [-0.2, 0) is 11.3 Å². The molecule has 2 atom stereocenters. The number of hydrogen-bond acceptors (Lipinski definition) is 2.